The van der Waals surface area contributed by atoms with Gasteiger partial charge in [-0.05, 0) is 179 Å². The monoisotopic (exact) mass is 1620 g/mol. The second-order valence-corrected chi connectivity index (χ2v) is 41.4. The van der Waals surface area contributed by atoms with Gasteiger partial charge in [-0.3, -0.25) is 4.79 Å². The summed E-state index contributed by atoms with van der Waals surface area (Å²) in [6.45, 7) is 29.5. The molecule has 15 rings (SSSR count). The molecule has 109 heavy (non-hydrogen) atoms. The highest BCUT2D eigenvalue weighted by molar-refractivity contribution is 9.10. The molecular weight excluding hydrogens is 1530 g/mol. The Bertz CT molecular complexity index is 5300. The quantitative estimate of drug-likeness (QED) is 0.0366. The van der Waals surface area contributed by atoms with Gasteiger partial charge in [0.15, 0.2) is 16.5 Å². The van der Waals surface area contributed by atoms with E-state index in [9.17, 15) is 14.4 Å². The van der Waals surface area contributed by atoms with Crippen molar-refractivity contribution in [3.8, 4) is 0 Å². The van der Waals surface area contributed by atoms with Crippen molar-refractivity contribution in [2.45, 2.75) is 136 Å². The van der Waals surface area contributed by atoms with E-state index in [1.807, 2.05) is 110 Å². The van der Waals surface area contributed by atoms with Gasteiger partial charge in [-0.1, -0.05) is 174 Å². The number of hydrogen-bond acceptors (Lipinski definition) is 12. The number of carbonyl (C=O) groups excluding carboxylic acids is 4. The van der Waals surface area contributed by atoms with E-state index in [0.29, 0.717) is 56.6 Å². The third kappa shape index (κ3) is 20.4. The van der Waals surface area contributed by atoms with Crippen LogP contribution in [0.5, 0.6) is 0 Å². The number of carbonyl (C=O) groups is 3. The number of carboxylic acids is 1. The molecule has 6 N–H and O–H groups in total. The van der Waals surface area contributed by atoms with E-state index in [1.54, 1.807) is 43.0 Å². The first-order valence-electron chi connectivity index (χ1n) is 36.2. The molecule has 24 heteroatoms. The van der Waals surface area contributed by atoms with Gasteiger partial charge in [-0.25, -0.2) is 39.5 Å². The summed E-state index contributed by atoms with van der Waals surface area (Å²) in [5, 5.41) is 17.8. The molecule has 15 aromatic rings. The molecular formula is C85H93Br2N13O7Si2. The Morgan fingerprint density at radius 3 is 1.24 bits per heavy atom. The summed E-state index contributed by atoms with van der Waals surface area (Å²) >= 11 is 6.86. The number of benzene rings is 3. The van der Waals surface area contributed by atoms with Crippen LogP contribution in [0.4, 0.5) is 0 Å². The van der Waals surface area contributed by atoms with Crippen LogP contribution in [0.1, 0.15) is 136 Å². The Labute approximate surface area is 653 Å². The predicted octanol–water partition coefficient (Wildman–Crippen LogP) is 20.9. The third-order valence-electron chi connectivity index (χ3n) is 19.5. The van der Waals surface area contributed by atoms with Crippen LogP contribution in [-0.2, 0) is 33.9 Å². The number of nitrogens with one attached hydrogen (secondary N) is 5. The van der Waals surface area contributed by atoms with Crippen LogP contribution >= 0.6 is 31.9 Å². The summed E-state index contributed by atoms with van der Waals surface area (Å²) in [6.07, 6.45) is 23.2. The Kier molecular flexibility index (Phi) is 29.1. The fourth-order valence-electron chi connectivity index (χ4n) is 15.1. The van der Waals surface area contributed by atoms with Gasteiger partial charge in [0, 0.05) is 110 Å². The Morgan fingerprint density at radius 1 is 0.431 bits per heavy atom. The molecule has 0 fully saturated rings. The lowest BCUT2D eigenvalue weighted by atomic mass is 10.1. The number of fused-ring (bicyclic) bond motifs is 6. The summed E-state index contributed by atoms with van der Waals surface area (Å²) in [4.78, 5) is 88.7. The highest BCUT2D eigenvalue weighted by Gasteiger charge is 2.47. The van der Waals surface area contributed by atoms with Crippen molar-refractivity contribution >= 4 is 139 Å². The number of aromatic carboxylic acids is 1. The van der Waals surface area contributed by atoms with Crippen molar-refractivity contribution in [3.63, 3.8) is 0 Å². The van der Waals surface area contributed by atoms with Crippen LogP contribution in [-0.4, -0.2) is 104 Å². The number of pyridine rings is 6. The number of amides is 1. The molecule has 3 aromatic carbocycles. The number of aromatic nitrogens is 12. The average molecular weight is 1620 g/mol. The number of aromatic amines is 4. The fourth-order valence-corrected chi connectivity index (χ4v) is 28.9. The second-order valence-electron chi connectivity index (χ2n) is 28.2. The number of ether oxygens (including phenoxy) is 1. The molecule has 0 saturated heterocycles. The molecule has 0 radical (unpaired) electrons. The third-order valence-corrected chi connectivity index (χ3v) is 33.9. The van der Waals surface area contributed by atoms with Crippen LogP contribution in [0.25, 0.3) is 66.2 Å². The van der Waals surface area contributed by atoms with Gasteiger partial charge in [0.2, 0.25) is 0 Å². The number of rotatable bonds is 17. The van der Waals surface area contributed by atoms with Gasteiger partial charge < -0.3 is 43.6 Å². The zero-order valence-electron chi connectivity index (χ0n) is 63.3. The fraction of sp³-hybridized carbons (Fsp3) is 0.247. The Hall–Kier alpha value is -11.0. The average Bonchev–Trinajstić information content (AvgIpc) is 1.66. The highest BCUT2D eigenvalue weighted by Crippen LogP contribution is 2.45. The van der Waals surface area contributed by atoms with E-state index < -0.39 is 22.4 Å². The number of esters is 1. The van der Waals surface area contributed by atoms with E-state index >= 15 is 0 Å². The lowest BCUT2D eigenvalue weighted by Crippen LogP contribution is -2.51. The first-order valence-corrected chi connectivity index (χ1v) is 42.1. The van der Waals surface area contributed by atoms with Gasteiger partial charge in [0.1, 0.15) is 40.5 Å². The van der Waals surface area contributed by atoms with Crippen molar-refractivity contribution in [2.24, 2.45) is 0 Å². The number of hydrogen-bond donors (Lipinski definition) is 6. The van der Waals surface area contributed by atoms with E-state index in [2.05, 4.69) is 242 Å². The van der Waals surface area contributed by atoms with Crippen molar-refractivity contribution in [3.05, 3.63) is 286 Å². The topological polar surface area (TPSA) is 277 Å². The summed E-state index contributed by atoms with van der Waals surface area (Å²) in [5.41, 5.74) is 15.5. The van der Waals surface area contributed by atoms with Crippen LogP contribution < -0.4 is 5.32 Å². The molecule has 0 saturated carbocycles. The highest BCUT2D eigenvalue weighted by atomic mass is 79.9. The van der Waals surface area contributed by atoms with E-state index in [0.717, 1.165) is 70.6 Å². The minimum atomic E-state index is -1.75. The van der Waals surface area contributed by atoms with E-state index in [4.69, 9.17) is 29.4 Å². The molecule has 12 aromatic heterocycles. The molecule has 0 aliphatic heterocycles. The summed E-state index contributed by atoms with van der Waals surface area (Å²) in [7, 11) is -3.45. The molecule has 0 bridgehead atoms. The predicted molar refractivity (Wildman–Crippen MR) is 447 cm³/mol. The van der Waals surface area contributed by atoms with Gasteiger partial charge in [0.05, 0.1) is 16.7 Å². The zero-order chi connectivity index (χ0) is 78.4. The lowest BCUT2D eigenvalue weighted by Gasteiger charge is -2.44. The van der Waals surface area contributed by atoms with Crippen LogP contribution in [0.3, 0.4) is 0 Å². The normalized spacial score (nSPS) is 11.3. The Balaban J connectivity index is 0.000000153. The smallest absolute Gasteiger partial charge is 0.373 e. The maximum Gasteiger partial charge on any atom is 0.373 e. The van der Waals surface area contributed by atoms with Gasteiger partial charge >= 0.3 is 18.1 Å². The number of halogens is 2. The zero-order valence-corrected chi connectivity index (χ0v) is 68.5. The maximum absolute atomic E-state index is 12.0. The molecule has 12 heterocycles. The minimum Gasteiger partial charge on any atom is -0.478 e. The molecule has 0 aliphatic rings. The lowest BCUT2D eigenvalue weighted by molar-refractivity contribution is -0.191. The SMILES string of the molecule is Brc1cnc2[nH]ccc2c1.CC(C)[Si](C(C)C)(C(C)C)n1ccc2cc(Br)cnc21.CC(C)[Si](C(C)C)(C(C)C)n1ccc2cc(Cc3ccccc3)cnc21.O=C(NCc1ccccc1)c1cnc2[nH]ccc2c1.O=C(O)c1cnc2[nH]ccc2c1.O=C(OCc1ccccc1)c1cnc2[nH]ccc2c1.O=C=O. The minimum absolute atomic E-state index is 0.112. The van der Waals surface area contributed by atoms with Crippen molar-refractivity contribution in [1.29, 1.82) is 0 Å². The van der Waals surface area contributed by atoms with E-state index in [1.165, 1.54) is 39.9 Å². The molecule has 0 aliphatic carbocycles. The van der Waals surface area contributed by atoms with Crippen LogP contribution in [0.15, 0.2) is 247 Å². The first kappa shape index (κ1) is 82.0. The standard InChI is InChI=1S/C23H32N2Si.C16H25BrN2Si.C15H13N3O.C15H12N2O2.C8H6N2O2.C7H5BrN2.CO2/c1-17(2)26(18(3)4,19(5)6)25-13-12-22-15-21(16-24-23(22)25)14-20-10-8-7-9-11-20;1-11(2)20(12(3)4,13(5)6)19-8-7-14-9-15(17)10-18-16(14)19;19-15(18-9-11-4-2-1-3-5-11)13-8-12-6-7-16-14(12)17-10-13;18-15(19-10-11-4-2-1-3-5-11)13-8-12-6-7-16-14(12)17-9-13;11-8(12)6-3-5-1-2-9-7(5)10-4-6;8-6-3-5-1-2-9-7(5)10-4-6;2-1-3/h7-13,15-19H,14H2,1-6H3;7-13H,1-6H3;1-8,10H,9H2,(H,16,17)(H,18,19);1-9H,10H2,(H,16,17);1-4H,(H,9,10)(H,11,12);1-4H,(H,9,10);. The van der Waals surface area contributed by atoms with Gasteiger partial charge in [-0.15, -0.1) is 0 Å². The van der Waals surface area contributed by atoms with Crippen molar-refractivity contribution in [2.75, 3.05) is 0 Å². The second kappa shape index (κ2) is 38.7. The largest absolute Gasteiger partial charge is 0.478 e. The number of H-pyrrole nitrogens is 4. The van der Waals surface area contributed by atoms with Crippen molar-refractivity contribution in [1.82, 2.24) is 63.6 Å². The van der Waals surface area contributed by atoms with Gasteiger partial charge in [-0.2, -0.15) is 9.59 Å². The van der Waals surface area contributed by atoms with Crippen LogP contribution in [0.2, 0.25) is 33.2 Å². The van der Waals surface area contributed by atoms with Crippen LogP contribution in [0, 0.1) is 0 Å². The Morgan fingerprint density at radius 2 is 0.789 bits per heavy atom. The molecule has 1 amide bonds. The summed E-state index contributed by atoms with van der Waals surface area (Å²) in [5.74, 6) is -1.43. The van der Waals surface area contributed by atoms with Gasteiger partial charge in [0.25, 0.3) is 5.91 Å². The van der Waals surface area contributed by atoms with Crippen molar-refractivity contribution < 1.29 is 33.8 Å². The molecule has 20 nitrogen and oxygen atoms in total. The maximum atomic E-state index is 12.0. The number of carboxylic acid groups (broad SMARTS) is 1. The summed E-state index contributed by atoms with van der Waals surface area (Å²) < 4.78 is 12.5. The molecule has 562 valence electrons. The molecule has 0 spiro atoms. The first-order chi connectivity index (χ1) is 52.4. The summed E-state index contributed by atoms with van der Waals surface area (Å²) in [6, 6.07) is 53.8. The number of nitrogens with zero attached hydrogens (tertiary/aromatic N) is 8. The van der Waals surface area contributed by atoms with E-state index in [-0.39, 0.29) is 30.2 Å². The molecule has 0 atom stereocenters. The molecule has 0 unspecified atom stereocenters.